The van der Waals surface area contributed by atoms with Crippen molar-refractivity contribution in [3.8, 4) is 0 Å². The van der Waals surface area contributed by atoms with Crippen LogP contribution in [0, 0.1) is 0 Å². The molecule has 0 aromatic rings. The van der Waals surface area contributed by atoms with Crippen LogP contribution < -0.4 is 5.32 Å². The molecule has 3 nitrogen and oxygen atoms in total. The predicted octanol–water partition coefficient (Wildman–Crippen LogP) is 1.57. The molecule has 0 saturated carbocycles. The van der Waals surface area contributed by atoms with Crippen LogP contribution in [-0.4, -0.2) is 24.0 Å². The second kappa shape index (κ2) is 5.77. The molecule has 0 aliphatic carbocycles. The summed E-state index contributed by atoms with van der Waals surface area (Å²) in [5.74, 6) is 0. The van der Waals surface area contributed by atoms with E-state index in [1.165, 1.54) is 0 Å². The lowest BCUT2D eigenvalue weighted by Gasteiger charge is -2.17. The van der Waals surface area contributed by atoms with Crippen molar-refractivity contribution in [3.63, 3.8) is 0 Å². The first kappa shape index (κ1) is 10.0. The first-order valence-corrected chi connectivity index (χ1v) is 3.92. The van der Waals surface area contributed by atoms with E-state index < -0.39 is 0 Å². The SMILES string of the molecule is C/C=C/NC(=O)N(CC)CC. The number of hydrogen-bond donors (Lipinski definition) is 1. The molecule has 11 heavy (non-hydrogen) atoms. The van der Waals surface area contributed by atoms with Crippen molar-refractivity contribution >= 4 is 6.03 Å². The quantitative estimate of drug-likeness (QED) is 0.661. The summed E-state index contributed by atoms with van der Waals surface area (Å²) >= 11 is 0. The van der Waals surface area contributed by atoms with Gasteiger partial charge in [0.2, 0.25) is 0 Å². The summed E-state index contributed by atoms with van der Waals surface area (Å²) in [4.78, 5) is 12.8. The first-order chi connectivity index (χ1) is 5.26. The van der Waals surface area contributed by atoms with Crippen LogP contribution >= 0.6 is 0 Å². The average molecular weight is 156 g/mol. The van der Waals surface area contributed by atoms with Gasteiger partial charge in [-0.1, -0.05) is 6.08 Å². The van der Waals surface area contributed by atoms with E-state index in [4.69, 9.17) is 0 Å². The van der Waals surface area contributed by atoms with Gasteiger partial charge in [-0.2, -0.15) is 0 Å². The Morgan fingerprint density at radius 3 is 2.36 bits per heavy atom. The second-order valence-electron chi connectivity index (χ2n) is 2.12. The van der Waals surface area contributed by atoms with Crippen LogP contribution in [0.2, 0.25) is 0 Å². The topological polar surface area (TPSA) is 32.3 Å². The minimum Gasteiger partial charge on any atom is -0.325 e. The van der Waals surface area contributed by atoms with E-state index in [0.29, 0.717) is 0 Å². The Hall–Kier alpha value is -0.990. The van der Waals surface area contributed by atoms with E-state index in [0.717, 1.165) is 13.1 Å². The minimum absolute atomic E-state index is 0.0342. The highest BCUT2D eigenvalue weighted by Gasteiger charge is 2.04. The van der Waals surface area contributed by atoms with Crippen molar-refractivity contribution in [2.75, 3.05) is 13.1 Å². The summed E-state index contributed by atoms with van der Waals surface area (Å²) in [6.45, 7) is 7.28. The third kappa shape index (κ3) is 3.65. The van der Waals surface area contributed by atoms with Crippen LogP contribution in [0.1, 0.15) is 20.8 Å². The number of nitrogens with one attached hydrogen (secondary N) is 1. The molecule has 1 N–H and O–H groups in total. The number of nitrogens with zero attached hydrogens (tertiary/aromatic N) is 1. The predicted molar refractivity (Wildman–Crippen MR) is 46.3 cm³/mol. The van der Waals surface area contributed by atoms with E-state index in [1.54, 1.807) is 17.2 Å². The third-order valence-corrected chi connectivity index (χ3v) is 1.42. The molecule has 0 aromatic carbocycles. The maximum Gasteiger partial charge on any atom is 0.321 e. The van der Waals surface area contributed by atoms with Gasteiger partial charge in [0.15, 0.2) is 0 Å². The highest BCUT2D eigenvalue weighted by Crippen LogP contribution is 1.87. The Morgan fingerprint density at radius 2 is 2.00 bits per heavy atom. The summed E-state index contributed by atoms with van der Waals surface area (Å²) in [7, 11) is 0. The number of hydrogen-bond acceptors (Lipinski definition) is 1. The standard InChI is InChI=1S/C8H16N2O/c1-4-7-9-8(11)10(5-2)6-3/h4,7H,5-6H2,1-3H3,(H,9,11)/b7-4+. The van der Waals surface area contributed by atoms with Crippen molar-refractivity contribution in [2.45, 2.75) is 20.8 Å². The zero-order chi connectivity index (χ0) is 8.69. The number of urea groups is 1. The average Bonchev–Trinajstić information content (AvgIpc) is 2.03. The Morgan fingerprint density at radius 1 is 1.45 bits per heavy atom. The monoisotopic (exact) mass is 156 g/mol. The maximum absolute atomic E-state index is 11.1. The molecule has 0 bridgehead atoms. The lowest BCUT2D eigenvalue weighted by Crippen LogP contribution is -2.37. The van der Waals surface area contributed by atoms with Crippen molar-refractivity contribution in [1.82, 2.24) is 10.2 Å². The number of carbonyl (C=O) groups excluding carboxylic acids is 1. The molecule has 2 amide bonds. The lowest BCUT2D eigenvalue weighted by molar-refractivity contribution is 0.207. The zero-order valence-corrected chi connectivity index (χ0v) is 7.42. The molecule has 0 rings (SSSR count). The molecule has 0 radical (unpaired) electrons. The molecule has 64 valence electrons. The normalized spacial score (nSPS) is 10.1. The smallest absolute Gasteiger partial charge is 0.321 e. The van der Waals surface area contributed by atoms with Gasteiger partial charge in [-0.3, -0.25) is 0 Å². The fourth-order valence-electron chi connectivity index (χ4n) is 0.757. The third-order valence-electron chi connectivity index (χ3n) is 1.42. The van der Waals surface area contributed by atoms with E-state index in [1.807, 2.05) is 20.8 Å². The van der Waals surface area contributed by atoms with Gasteiger partial charge in [-0.05, 0) is 20.8 Å². The van der Waals surface area contributed by atoms with Crippen LogP contribution in [0.15, 0.2) is 12.3 Å². The highest BCUT2D eigenvalue weighted by molar-refractivity contribution is 5.75. The number of amides is 2. The minimum atomic E-state index is -0.0342. The lowest BCUT2D eigenvalue weighted by atomic mass is 10.5. The van der Waals surface area contributed by atoms with Crippen molar-refractivity contribution in [2.24, 2.45) is 0 Å². The van der Waals surface area contributed by atoms with Gasteiger partial charge in [-0.15, -0.1) is 0 Å². The molecule has 0 aromatic heterocycles. The summed E-state index contributed by atoms with van der Waals surface area (Å²) in [5.41, 5.74) is 0. The summed E-state index contributed by atoms with van der Waals surface area (Å²) in [6, 6.07) is -0.0342. The molecule has 0 fully saturated rings. The zero-order valence-electron chi connectivity index (χ0n) is 7.42. The van der Waals surface area contributed by atoms with E-state index in [-0.39, 0.29) is 6.03 Å². The summed E-state index contributed by atoms with van der Waals surface area (Å²) in [6.07, 6.45) is 3.43. The Kier molecular flexibility index (Phi) is 5.25. The summed E-state index contributed by atoms with van der Waals surface area (Å²) in [5, 5.41) is 2.64. The number of carbonyl (C=O) groups is 1. The Bertz CT molecular complexity index is 139. The van der Waals surface area contributed by atoms with Gasteiger partial charge >= 0.3 is 6.03 Å². The van der Waals surface area contributed by atoms with Gasteiger partial charge in [-0.25, -0.2) is 4.79 Å². The van der Waals surface area contributed by atoms with Gasteiger partial charge in [0.25, 0.3) is 0 Å². The molecule has 0 heterocycles. The van der Waals surface area contributed by atoms with Crippen LogP contribution in [0.25, 0.3) is 0 Å². The van der Waals surface area contributed by atoms with Crippen molar-refractivity contribution in [1.29, 1.82) is 0 Å². The second-order valence-corrected chi connectivity index (χ2v) is 2.12. The van der Waals surface area contributed by atoms with Gasteiger partial charge in [0.1, 0.15) is 0 Å². The first-order valence-electron chi connectivity index (χ1n) is 3.92. The van der Waals surface area contributed by atoms with Gasteiger partial charge in [0, 0.05) is 19.3 Å². The molecule has 0 unspecified atom stereocenters. The van der Waals surface area contributed by atoms with Gasteiger partial charge < -0.3 is 10.2 Å². The molecule has 0 aliphatic heterocycles. The van der Waals surface area contributed by atoms with E-state index >= 15 is 0 Å². The largest absolute Gasteiger partial charge is 0.325 e. The highest BCUT2D eigenvalue weighted by atomic mass is 16.2. The van der Waals surface area contributed by atoms with E-state index in [9.17, 15) is 4.79 Å². The Labute approximate surface area is 68.1 Å². The maximum atomic E-state index is 11.1. The van der Waals surface area contributed by atoms with E-state index in [2.05, 4.69) is 5.32 Å². The van der Waals surface area contributed by atoms with Crippen LogP contribution in [0.3, 0.4) is 0 Å². The molecule has 0 aliphatic rings. The molecule has 3 heteroatoms. The van der Waals surface area contributed by atoms with Crippen molar-refractivity contribution < 1.29 is 4.79 Å². The fourth-order valence-corrected chi connectivity index (χ4v) is 0.757. The summed E-state index contributed by atoms with van der Waals surface area (Å²) < 4.78 is 0. The fraction of sp³-hybridized carbons (Fsp3) is 0.625. The number of allylic oxidation sites excluding steroid dienone is 1. The Balaban J connectivity index is 3.79. The molecular formula is C8H16N2O. The molecule has 0 saturated heterocycles. The molecule has 0 atom stereocenters. The molecular weight excluding hydrogens is 140 g/mol. The van der Waals surface area contributed by atoms with Gasteiger partial charge in [0.05, 0.1) is 0 Å². The van der Waals surface area contributed by atoms with Crippen molar-refractivity contribution in [3.05, 3.63) is 12.3 Å². The molecule has 0 spiro atoms. The van der Waals surface area contributed by atoms with Crippen LogP contribution in [0.4, 0.5) is 4.79 Å². The number of rotatable bonds is 3. The van der Waals surface area contributed by atoms with Crippen LogP contribution in [0.5, 0.6) is 0 Å². The van der Waals surface area contributed by atoms with Crippen LogP contribution in [-0.2, 0) is 0 Å².